The summed E-state index contributed by atoms with van der Waals surface area (Å²) in [6.45, 7) is 4.79. The summed E-state index contributed by atoms with van der Waals surface area (Å²) in [6, 6.07) is 0. The van der Waals surface area contributed by atoms with Crippen molar-refractivity contribution in [1.82, 2.24) is 5.32 Å². The van der Waals surface area contributed by atoms with E-state index in [2.05, 4.69) is 18.0 Å². The average molecular weight is 144 g/mol. The predicted molar refractivity (Wildman–Crippen MR) is 41.5 cm³/mol. The van der Waals surface area contributed by atoms with E-state index in [0.29, 0.717) is 0 Å². The van der Waals surface area contributed by atoms with Gasteiger partial charge >= 0.3 is 0 Å². The van der Waals surface area contributed by atoms with E-state index in [-0.39, 0.29) is 6.41 Å². The highest BCUT2D eigenvalue weighted by molar-refractivity contribution is 5.42. The lowest BCUT2D eigenvalue weighted by Crippen LogP contribution is -2.26. The molecule has 0 saturated carbocycles. The Kier molecular flexibility index (Phi) is 6.18. The van der Waals surface area contributed by atoms with Crippen molar-refractivity contribution in [2.24, 2.45) is 11.7 Å². The van der Waals surface area contributed by atoms with Crippen molar-refractivity contribution in [1.29, 1.82) is 0 Å². The van der Waals surface area contributed by atoms with Crippen molar-refractivity contribution >= 4 is 6.41 Å². The van der Waals surface area contributed by atoms with Crippen molar-refractivity contribution < 1.29 is 4.79 Å². The Morgan fingerprint density at radius 3 is 2.10 bits per heavy atom. The molecule has 1 aliphatic heterocycles. The third-order valence-corrected chi connectivity index (χ3v) is 1.63. The Balaban J connectivity index is 0.000000236. The van der Waals surface area contributed by atoms with E-state index in [1.165, 1.54) is 25.9 Å². The summed E-state index contributed by atoms with van der Waals surface area (Å²) in [5.41, 5.74) is 4.17. The third kappa shape index (κ3) is 5.56. The largest absolute Gasteiger partial charge is 0.372 e. The highest BCUT2D eigenvalue weighted by Crippen LogP contribution is 2.08. The maximum absolute atomic E-state index is 8.58. The molecule has 0 aromatic carbocycles. The van der Waals surface area contributed by atoms with Crippen LogP contribution in [-0.2, 0) is 4.79 Å². The zero-order valence-corrected chi connectivity index (χ0v) is 6.47. The molecule has 1 rings (SSSR count). The molecule has 0 bridgehead atoms. The number of carbonyl (C=O) groups excluding carboxylic acids is 1. The Labute approximate surface area is 62.0 Å². The lowest BCUT2D eigenvalue weighted by atomic mass is 10.0. The number of piperidine rings is 1. The van der Waals surface area contributed by atoms with E-state index < -0.39 is 0 Å². The Morgan fingerprint density at radius 2 is 1.90 bits per heavy atom. The zero-order chi connectivity index (χ0) is 7.82. The minimum absolute atomic E-state index is 0.250. The van der Waals surface area contributed by atoms with Crippen LogP contribution in [0.4, 0.5) is 0 Å². The molecule has 0 spiro atoms. The van der Waals surface area contributed by atoms with Gasteiger partial charge in [0.05, 0.1) is 0 Å². The fourth-order valence-corrected chi connectivity index (χ4v) is 0.966. The fraction of sp³-hybridized carbons (Fsp3) is 0.857. The van der Waals surface area contributed by atoms with Crippen LogP contribution in [0.1, 0.15) is 19.8 Å². The molecule has 1 fully saturated rings. The van der Waals surface area contributed by atoms with Crippen LogP contribution in [0.3, 0.4) is 0 Å². The average Bonchev–Trinajstić information content (AvgIpc) is 1.91. The van der Waals surface area contributed by atoms with E-state index >= 15 is 0 Å². The number of hydrogen-bond donors (Lipinski definition) is 2. The molecule has 1 amide bonds. The second-order valence-electron chi connectivity index (χ2n) is 2.57. The van der Waals surface area contributed by atoms with Gasteiger partial charge in [-0.25, -0.2) is 0 Å². The number of nitrogens with one attached hydrogen (secondary N) is 1. The van der Waals surface area contributed by atoms with Gasteiger partial charge in [-0.3, -0.25) is 4.79 Å². The molecule has 0 unspecified atom stereocenters. The van der Waals surface area contributed by atoms with Crippen molar-refractivity contribution in [3.8, 4) is 0 Å². The van der Waals surface area contributed by atoms with E-state index in [9.17, 15) is 0 Å². The number of carbonyl (C=O) groups is 1. The van der Waals surface area contributed by atoms with Crippen LogP contribution in [0.2, 0.25) is 0 Å². The molecule has 60 valence electrons. The topological polar surface area (TPSA) is 55.1 Å². The molecule has 0 aromatic rings. The first kappa shape index (κ1) is 9.43. The molecule has 1 aliphatic rings. The standard InChI is InChI=1S/C6H13N.CH3NO/c1-6-2-4-7-5-3-6;2-1-3/h6-7H,2-5H2,1H3;1H,(H2,2,3). The second kappa shape index (κ2) is 6.55. The smallest absolute Gasteiger partial charge is 0.204 e. The van der Waals surface area contributed by atoms with Crippen LogP contribution in [0.25, 0.3) is 0 Å². The van der Waals surface area contributed by atoms with Crippen LogP contribution in [0.5, 0.6) is 0 Å². The second-order valence-corrected chi connectivity index (χ2v) is 2.57. The lowest BCUT2D eigenvalue weighted by molar-refractivity contribution is -0.106. The van der Waals surface area contributed by atoms with Crippen molar-refractivity contribution in [2.45, 2.75) is 19.8 Å². The first-order valence-electron chi connectivity index (χ1n) is 3.67. The van der Waals surface area contributed by atoms with Crippen molar-refractivity contribution in [2.75, 3.05) is 13.1 Å². The summed E-state index contributed by atoms with van der Waals surface area (Å²) < 4.78 is 0. The molecule has 0 atom stereocenters. The van der Waals surface area contributed by atoms with Crippen LogP contribution in [0.15, 0.2) is 0 Å². The highest BCUT2D eigenvalue weighted by atomic mass is 16.1. The van der Waals surface area contributed by atoms with Gasteiger partial charge in [-0.15, -0.1) is 0 Å². The molecule has 0 aromatic heterocycles. The number of hydrogen-bond acceptors (Lipinski definition) is 2. The summed E-state index contributed by atoms with van der Waals surface area (Å²) in [4.78, 5) is 8.58. The summed E-state index contributed by atoms with van der Waals surface area (Å²) >= 11 is 0. The maximum Gasteiger partial charge on any atom is 0.204 e. The highest BCUT2D eigenvalue weighted by Gasteiger charge is 2.04. The molecular formula is C7H16N2O. The van der Waals surface area contributed by atoms with E-state index in [1.807, 2.05) is 0 Å². The fourth-order valence-electron chi connectivity index (χ4n) is 0.966. The third-order valence-electron chi connectivity index (χ3n) is 1.63. The van der Waals surface area contributed by atoms with Crippen molar-refractivity contribution in [3.05, 3.63) is 0 Å². The minimum atomic E-state index is 0.250. The van der Waals surface area contributed by atoms with Gasteiger partial charge in [-0.1, -0.05) is 6.92 Å². The Bertz CT molecular complexity index is 79.7. The van der Waals surface area contributed by atoms with Gasteiger partial charge in [0, 0.05) is 0 Å². The molecular weight excluding hydrogens is 128 g/mol. The molecule has 1 saturated heterocycles. The molecule has 0 aliphatic carbocycles. The van der Waals surface area contributed by atoms with Gasteiger partial charge in [0.1, 0.15) is 0 Å². The molecule has 0 radical (unpaired) electrons. The van der Waals surface area contributed by atoms with Crippen LogP contribution in [0, 0.1) is 5.92 Å². The zero-order valence-electron chi connectivity index (χ0n) is 6.47. The van der Waals surface area contributed by atoms with Crippen LogP contribution < -0.4 is 11.1 Å². The maximum atomic E-state index is 8.58. The summed E-state index contributed by atoms with van der Waals surface area (Å²) in [7, 11) is 0. The molecule has 10 heavy (non-hydrogen) atoms. The first-order chi connectivity index (χ1) is 4.81. The summed E-state index contributed by atoms with van der Waals surface area (Å²) in [5, 5.41) is 3.32. The number of primary amides is 1. The summed E-state index contributed by atoms with van der Waals surface area (Å²) in [6.07, 6.45) is 3.00. The van der Waals surface area contributed by atoms with Crippen LogP contribution in [-0.4, -0.2) is 19.5 Å². The van der Waals surface area contributed by atoms with Gasteiger partial charge in [0.15, 0.2) is 0 Å². The summed E-state index contributed by atoms with van der Waals surface area (Å²) in [5.74, 6) is 0.973. The first-order valence-corrected chi connectivity index (χ1v) is 3.67. The van der Waals surface area contributed by atoms with Crippen LogP contribution >= 0.6 is 0 Å². The Hall–Kier alpha value is -0.570. The molecule has 3 heteroatoms. The number of amides is 1. The van der Waals surface area contributed by atoms with Gasteiger partial charge in [-0.05, 0) is 31.8 Å². The van der Waals surface area contributed by atoms with E-state index in [4.69, 9.17) is 4.79 Å². The SMILES string of the molecule is CC1CCNCC1.NC=O. The molecule has 3 N–H and O–H groups in total. The minimum Gasteiger partial charge on any atom is -0.372 e. The quantitative estimate of drug-likeness (QED) is 0.474. The van der Waals surface area contributed by atoms with Gasteiger partial charge < -0.3 is 11.1 Å². The normalized spacial score (nSPS) is 18.9. The Morgan fingerprint density at radius 1 is 1.50 bits per heavy atom. The molecule has 1 heterocycles. The lowest BCUT2D eigenvalue weighted by Gasteiger charge is -2.17. The van der Waals surface area contributed by atoms with Gasteiger partial charge in [0.25, 0.3) is 0 Å². The van der Waals surface area contributed by atoms with Gasteiger partial charge in [0.2, 0.25) is 6.41 Å². The predicted octanol–water partition coefficient (Wildman–Crippen LogP) is 0.107. The van der Waals surface area contributed by atoms with E-state index in [0.717, 1.165) is 5.92 Å². The monoisotopic (exact) mass is 144 g/mol. The van der Waals surface area contributed by atoms with E-state index in [1.54, 1.807) is 0 Å². The number of rotatable bonds is 0. The molecule has 3 nitrogen and oxygen atoms in total. The number of nitrogens with two attached hydrogens (primary N) is 1. The van der Waals surface area contributed by atoms with Crippen molar-refractivity contribution in [3.63, 3.8) is 0 Å². The van der Waals surface area contributed by atoms with Gasteiger partial charge in [-0.2, -0.15) is 0 Å².